The lowest BCUT2D eigenvalue weighted by Crippen LogP contribution is -2.26. The molecule has 0 unspecified atom stereocenters. The van der Waals surface area contributed by atoms with Crippen LogP contribution in [0.5, 0.6) is 0 Å². The molecular formula is C22H25N5O2. The summed E-state index contributed by atoms with van der Waals surface area (Å²) in [5, 5.41) is 6.89. The first kappa shape index (κ1) is 19.1. The average Bonchev–Trinajstić information content (AvgIpc) is 3.10. The second-order valence-corrected chi connectivity index (χ2v) is 7.33. The SMILES string of the molecule is C[C@@H](NC(=O)c1nc(-c2ccnc(N3CCCCCC3)c2)no1)c1ccccc1. The first-order chi connectivity index (χ1) is 14.2. The van der Waals surface area contributed by atoms with Crippen molar-refractivity contribution in [3.05, 3.63) is 60.1 Å². The number of hydrogen-bond acceptors (Lipinski definition) is 6. The predicted molar refractivity (Wildman–Crippen MR) is 111 cm³/mol. The molecule has 1 aromatic carbocycles. The minimum Gasteiger partial charge on any atom is -0.357 e. The molecule has 1 amide bonds. The Kier molecular flexibility index (Phi) is 5.84. The van der Waals surface area contributed by atoms with Crippen molar-refractivity contribution in [1.82, 2.24) is 20.4 Å². The van der Waals surface area contributed by atoms with Crippen LogP contribution in [0.25, 0.3) is 11.4 Å². The largest absolute Gasteiger partial charge is 0.357 e. The molecule has 0 radical (unpaired) electrons. The number of amides is 1. The van der Waals surface area contributed by atoms with Gasteiger partial charge in [0.1, 0.15) is 5.82 Å². The molecule has 0 spiro atoms. The highest BCUT2D eigenvalue weighted by molar-refractivity contribution is 5.90. The van der Waals surface area contributed by atoms with Crippen LogP contribution in [0.15, 0.2) is 53.2 Å². The van der Waals surface area contributed by atoms with Crippen molar-refractivity contribution in [1.29, 1.82) is 0 Å². The minimum atomic E-state index is -0.387. The molecule has 0 aliphatic carbocycles. The smallest absolute Gasteiger partial charge is 0.316 e. The van der Waals surface area contributed by atoms with E-state index in [1.54, 1.807) is 6.20 Å². The summed E-state index contributed by atoms with van der Waals surface area (Å²) < 4.78 is 5.22. The number of carbonyl (C=O) groups is 1. The van der Waals surface area contributed by atoms with E-state index in [1.165, 1.54) is 25.7 Å². The van der Waals surface area contributed by atoms with E-state index in [-0.39, 0.29) is 17.8 Å². The molecule has 1 N–H and O–H groups in total. The van der Waals surface area contributed by atoms with E-state index < -0.39 is 0 Å². The van der Waals surface area contributed by atoms with Crippen molar-refractivity contribution in [2.45, 2.75) is 38.6 Å². The van der Waals surface area contributed by atoms with Gasteiger partial charge in [-0.1, -0.05) is 48.3 Å². The Bertz CT molecular complexity index is 949. The molecule has 3 heterocycles. The van der Waals surface area contributed by atoms with E-state index in [9.17, 15) is 4.79 Å². The maximum atomic E-state index is 12.5. The van der Waals surface area contributed by atoms with Crippen LogP contribution < -0.4 is 10.2 Å². The van der Waals surface area contributed by atoms with Gasteiger partial charge in [-0.2, -0.15) is 4.98 Å². The van der Waals surface area contributed by atoms with Gasteiger partial charge in [0.25, 0.3) is 0 Å². The molecule has 1 saturated heterocycles. The van der Waals surface area contributed by atoms with Crippen molar-refractivity contribution < 1.29 is 9.32 Å². The zero-order chi connectivity index (χ0) is 20.1. The number of anilines is 1. The summed E-state index contributed by atoms with van der Waals surface area (Å²) in [6, 6.07) is 13.4. The highest BCUT2D eigenvalue weighted by atomic mass is 16.5. The van der Waals surface area contributed by atoms with Gasteiger partial charge in [-0.15, -0.1) is 0 Å². The lowest BCUT2D eigenvalue weighted by molar-refractivity contribution is 0.0895. The lowest BCUT2D eigenvalue weighted by atomic mass is 10.1. The fraction of sp³-hybridized carbons (Fsp3) is 0.364. The number of pyridine rings is 1. The van der Waals surface area contributed by atoms with Crippen LogP contribution in [-0.2, 0) is 0 Å². The van der Waals surface area contributed by atoms with Crippen LogP contribution in [0, 0.1) is 0 Å². The molecule has 1 aliphatic rings. The van der Waals surface area contributed by atoms with Gasteiger partial charge in [-0.25, -0.2) is 4.98 Å². The molecule has 4 rings (SSSR count). The van der Waals surface area contributed by atoms with Crippen LogP contribution in [0.4, 0.5) is 5.82 Å². The van der Waals surface area contributed by atoms with Crippen LogP contribution >= 0.6 is 0 Å². The Balaban J connectivity index is 1.47. The van der Waals surface area contributed by atoms with E-state index >= 15 is 0 Å². The second kappa shape index (κ2) is 8.86. The van der Waals surface area contributed by atoms with Crippen molar-refractivity contribution in [3.8, 4) is 11.4 Å². The maximum absolute atomic E-state index is 12.5. The van der Waals surface area contributed by atoms with Gasteiger partial charge in [0.05, 0.1) is 6.04 Å². The molecule has 7 heteroatoms. The van der Waals surface area contributed by atoms with Gasteiger partial charge in [-0.05, 0) is 37.5 Å². The number of aromatic nitrogens is 3. The molecule has 1 fully saturated rings. The topological polar surface area (TPSA) is 84.2 Å². The Morgan fingerprint density at radius 1 is 1.10 bits per heavy atom. The van der Waals surface area contributed by atoms with Gasteiger partial charge < -0.3 is 14.7 Å². The summed E-state index contributed by atoms with van der Waals surface area (Å²) in [7, 11) is 0. The van der Waals surface area contributed by atoms with E-state index in [4.69, 9.17) is 4.52 Å². The van der Waals surface area contributed by atoms with E-state index in [0.717, 1.165) is 30.0 Å². The molecule has 3 aromatic rings. The quantitative estimate of drug-likeness (QED) is 0.708. The van der Waals surface area contributed by atoms with Crippen LogP contribution in [0.2, 0.25) is 0 Å². The Labute approximate surface area is 170 Å². The average molecular weight is 391 g/mol. The number of nitrogens with one attached hydrogen (secondary N) is 1. The summed E-state index contributed by atoms with van der Waals surface area (Å²) in [6.07, 6.45) is 6.64. The van der Waals surface area contributed by atoms with E-state index in [0.29, 0.717) is 5.82 Å². The minimum absolute atomic E-state index is 0.0454. The van der Waals surface area contributed by atoms with Gasteiger partial charge in [0.2, 0.25) is 5.82 Å². The third kappa shape index (κ3) is 4.62. The highest BCUT2D eigenvalue weighted by Crippen LogP contribution is 2.23. The van der Waals surface area contributed by atoms with Gasteiger partial charge in [0, 0.05) is 24.8 Å². The molecule has 29 heavy (non-hydrogen) atoms. The monoisotopic (exact) mass is 391 g/mol. The second-order valence-electron chi connectivity index (χ2n) is 7.33. The third-order valence-corrected chi connectivity index (χ3v) is 5.20. The number of carbonyl (C=O) groups excluding carboxylic acids is 1. The van der Waals surface area contributed by atoms with E-state index in [2.05, 4.69) is 25.3 Å². The first-order valence-electron chi connectivity index (χ1n) is 10.1. The summed E-state index contributed by atoms with van der Waals surface area (Å²) in [4.78, 5) is 23.6. The zero-order valence-corrected chi connectivity index (χ0v) is 16.5. The predicted octanol–water partition coefficient (Wildman–Crippen LogP) is 4.00. The Morgan fingerprint density at radius 2 is 1.86 bits per heavy atom. The Morgan fingerprint density at radius 3 is 2.62 bits per heavy atom. The molecule has 1 aliphatic heterocycles. The molecule has 1 atom stereocenters. The van der Waals surface area contributed by atoms with Crippen molar-refractivity contribution in [3.63, 3.8) is 0 Å². The molecule has 7 nitrogen and oxygen atoms in total. The first-order valence-corrected chi connectivity index (χ1v) is 10.1. The summed E-state index contributed by atoms with van der Waals surface area (Å²) in [6.45, 7) is 3.93. The standard InChI is InChI=1S/C22H25N5O2/c1-16(17-9-5-4-6-10-17)24-21(28)22-25-20(26-29-22)18-11-12-23-19(15-18)27-13-7-2-3-8-14-27/h4-6,9-12,15-16H,2-3,7-8,13-14H2,1H3,(H,24,28)/t16-/m1/s1. The molecule has 0 saturated carbocycles. The van der Waals surface area contributed by atoms with Crippen LogP contribution in [-0.4, -0.2) is 34.1 Å². The highest BCUT2D eigenvalue weighted by Gasteiger charge is 2.19. The fourth-order valence-corrected chi connectivity index (χ4v) is 3.55. The van der Waals surface area contributed by atoms with Crippen LogP contribution in [0.3, 0.4) is 0 Å². The van der Waals surface area contributed by atoms with Gasteiger partial charge in [-0.3, -0.25) is 4.79 Å². The lowest BCUT2D eigenvalue weighted by Gasteiger charge is -2.21. The number of hydrogen-bond donors (Lipinski definition) is 1. The fourth-order valence-electron chi connectivity index (χ4n) is 3.55. The molecule has 0 bridgehead atoms. The molecule has 150 valence electrons. The summed E-state index contributed by atoms with van der Waals surface area (Å²) >= 11 is 0. The zero-order valence-electron chi connectivity index (χ0n) is 16.5. The van der Waals surface area contributed by atoms with Gasteiger partial charge >= 0.3 is 11.8 Å². The number of rotatable bonds is 5. The van der Waals surface area contributed by atoms with Crippen molar-refractivity contribution >= 4 is 11.7 Å². The molecule has 2 aromatic heterocycles. The Hall–Kier alpha value is -3.22. The normalized spacial score (nSPS) is 15.6. The van der Waals surface area contributed by atoms with Crippen LogP contribution in [0.1, 0.15) is 54.9 Å². The third-order valence-electron chi connectivity index (χ3n) is 5.20. The maximum Gasteiger partial charge on any atom is 0.316 e. The molecular weight excluding hydrogens is 366 g/mol. The van der Waals surface area contributed by atoms with Crippen molar-refractivity contribution in [2.75, 3.05) is 18.0 Å². The number of nitrogens with zero attached hydrogens (tertiary/aromatic N) is 4. The van der Waals surface area contributed by atoms with E-state index in [1.807, 2.05) is 49.4 Å². The summed E-state index contributed by atoms with van der Waals surface area (Å²) in [5.74, 6) is 0.872. The summed E-state index contributed by atoms with van der Waals surface area (Å²) in [5.41, 5.74) is 1.80. The van der Waals surface area contributed by atoms with Crippen molar-refractivity contribution in [2.24, 2.45) is 0 Å². The number of benzene rings is 1. The van der Waals surface area contributed by atoms with Gasteiger partial charge in [0.15, 0.2) is 0 Å².